The Hall–Kier alpha value is -1.81. The zero-order chi connectivity index (χ0) is 13.9. The first kappa shape index (κ1) is 13.2. The summed E-state index contributed by atoms with van der Waals surface area (Å²) in [4.78, 5) is 6.76. The van der Waals surface area contributed by atoms with E-state index in [-0.39, 0.29) is 0 Å². The van der Waals surface area contributed by atoms with Gasteiger partial charge in [-0.25, -0.2) is 0 Å². The Kier molecular flexibility index (Phi) is 3.74. The monoisotopic (exact) mass is 271 g/mol. The maximum Gasteiger partial charge on any atom is 0.127 e. The summed E-state index contributed by atoms with van der Waals surface area (Å²) < 4.78 is 5.97. The van der Waals surface area contributed by atoms with E-state index >= 15 is 0 Å². The van der Waals surface area contributed by atoms with Crippen LogP contribution < -0.4 is 10.5 Å². The van der Waals surface area contributed by atoms with Crippen molar-refractivity contribution < 1.29 is 4.74 Å². The van der Waals surface area contributed by atoms with Gasteiger partial charge in [-0.3, -0.25) is 9.88 Å². The Balaban J connectivity index is 1.76. The molecule has 0 spiro atoms. The minimum absolute atomic E-state index is 0.723. The van der Waals surface area contributed by atoms with Crippen molar-refractivity contribution in [2.75, 3.05) is 32.0 Å². The van der Waals surface area contributed by atoms with Gasteiger partial charge in [0.1, 0.15) is 12.4 Å². The Morgan fingerprint density at radius 1 is 1.25 bits per heavy atom. The highest BCUT2D eigenvalue weighted by Gasteiger charge is 2.11. The molecule has 0 amide bonds. The standard InChI is InChI=1S/C16H21N3O/c1-12-10-13-14(11-18-12)15(17)4-5-16(13)20-9-8-19-6-2-3-7-19/h4-5,10-11H,2-3,6-9,17H2,1H3. The normalized spacial score (nSPS) is 15.8. The molecule has 2 heterocycles. The number of ether oxygens (including phenoxy) is 1. The van der Waals surface area contributed by atoms with Crippen molar-refractivity contribution in [3.05, 3.63) is 30.1 Å². The summed E-state index contributed by atoms with van der Waals surface area (Å²) in [5, 5.41) is 2.02. The molecule has 2 aromatic rings. The van der Waals surface area contributed by atoms with Gasteiger partial charge in [0.2, 0.25) is 0 Å². The molecule has 1 saturated heterocycles. The zero-order valence-electron chi connectivity index (χ0n) is 11.9. The third-order valence-electron chi connectivity index (χ3n) is 3.90. The molecule has 0 bridgehead atoms. The van der Waals surface area contributed by atoms with Crippen molar-refractivity contribution in [1.82, 2.24) is 9.88 Å². The number of aromatic nitrogens is 1. The van der Waals surface area contributed by atoms with E-state index in [2.05, 4.69) is 9.88 Å². The molecule has 4 nitrogen and oxygen atoms in total. The third-order valence-corrected chi connectivity index (χ3v) is 3.90. The van der Waals surface area contributed by atoms with E-state index < -0.39 is 0 Å². The molecular weight excluding hydrogens is 250 g/mol. The van der Waals surface area contributed by atoms with Crippen LogP contribution >= 0.6 is 0 Å². The number of likely N-dealkylation sites (tertiary alicyclic amines) is 1. The highest BCUT2D eigenvalue weighted by atomic mass is 16.5. The fraction of sp³-hybridized carbons (Fsp3) is 0.438. The van der Waals surface area contributed by atoms with Crippen molar-refractivity contribution in [2.24, 2.45) is 0 Å². The van der Waals surface area contributed by atoms with Crippen LogP contribution in [0.4, 0.5) is 5.69 Å². The van der Waals surface area contributed by atoms with Crippen LogP contribution in [0.2, 0.25) is 0 Å². The van der Waals surface area contributed by atoms with Crippen molar-refractivity contribution in [1.29, 1.82) is 0 Å². The number of fused-ring (bicyclic) bond motifs is 1. The lowest BCUT2D eigenvalue weighted by molar-refractivity contribution is 0.239. The lowest BCUT2D eigenvalue weighted by Crippen LogP contribution is -2.25. The minimum atomic E-state index is 0.723. The smallest absolute Gasteiger partial charge is 0.127 e. The second kappa shape index (κ2) is 5.67. The number of anilines is 1. The minimum Gasteiger partial charge on any atom is -0.492 e. The number of aryl methyl sites for hydroxylation is 1. The maximum atomic E-state index is 6.00. The number of nitrogen functional groups attached to an aromatic ring is 1. The molecule has 1 aliphatic heterocycles. The zero-order valence-corrected chi connectivity index (χ0v) is 11.9. The van der Waals surface area contributed by atoms with E-state index in [4.69, 9.17) is 10.5 Å². The van der Waals surface area contributed by atoms with E-state index in [0.717, 1.165) is 41.1 Å². The first-order valence-corrected chi connectivity index (χ1v) is 7.24. The van der Waals surface area contributed by atoms with Gasteiger partial charge in [-0.15, -0.1) is 0 Å². The number of benzene rings is 1. The molecule has 0 saturated carbocycles. The highest BCUT2D eigenvalue weighted by Crippen LogP contribution is 2.30. The third kappa shape index (κ3) is 2.70. The van der Waals surface area contributed by atoms with Crippen LogP contribution in [0, 0.1) is 6.92 Å². The molecule has 0 unspecified atom stereocenters. The van der Waals surface area contributed by atoms with Crippen LogP contribution in [0.5, 0.6) is 5.75 Å². The van der Waals surface area contributed by atoms with Crippen molar-refractivity contribution in [3.8, 4) is 5.75 Å². The molecular formula is C16H21N3O. The maximum absolute atomic E-state index is 6.00. The summed E-state index contributed by atoms with van der Waals surface area (Å²) in [6.07, 6.45) is 4.46. The van der Waals surface area contributed by atoms with Crippen LogP contribution in [0.25, 0.3) is 10.8 Å². The average Bonchev–Trinajstić information content (AvgIpc) is 2.94. The highest BCUT2D eigenvalue weighted by molar-refractivity contribution is 5.96. The van der Waals surface area contributed by atoms with E-state index in [1.54, 1.807) is 0 Å². The second-order valence-corrected chi connectivity index (χ2v) is 5.42. The summed E-state index contributed by atoms with van der Waals surface area (Å²) in [5.41, 5.74) is 7.73. The molecule has 106 valence electrons. The molecule has 3 rings (SSSR count). The molecule has 20 heavy (non-hydrogen) atoms. The fourth-order valence-corrected chi connectivity index (χ4v) is 2.76. The van der Waals surface area contributed by atoms with Crippen molar-refractivity contribution in [2.45, 2.75) is 19.8 Å². The topological polar surface area (TPSA) is 51.4 Å². The molecule has 1 aliphatic rings. The first-order chi connectivity index (χ1) is 9.74. The Bertz CT molecular complexity index is 606. The number of hydrogen-bond acceptors (Lipinski definition) is 4. The van der Waals surface area contributed by atoms with E-state index in [9.17, 15) is 0 Å². The number of rotatable bonds is 4. The summed E-state index contributed by atoms with van der Waals surface area (Å²) in [6.45, 7) is 6.11. The summed E-state index contributed by atoms with van der Waals surface area (Å²) >= 11 is 0. The second-order valence-electron chi connectivity index (χ2n) is 5.42. The van der Waals surface area contributed by atoms with Crippen LogP contribution in [0.1, 0.15) is 18.5 Å². The molecule has 4 heteroatoms. The van der Waals surface area contributed by atoms with Gasteiger partial charge in [0.15, 0.2) is 0 Å². The van der Waals surface area contributed by atoms with Gasteiger partial charge >= 0.3 is 0 Å². The quantitative estimate of drug-likeness (QED) is 0.868. The van der Waals surface area contributed by atoms with Crippen LogP contribution in [-0.4, -0.2) is 36.1 Å². The number of nitrogens with two attached hydrogens (primary N) is 1. The Morgan fingerprint density at radius 3 is 2.85 bits per heavy atom. The van der Waals surface area contributed by atoms with Gasteiger partial charge in [-0.1, -0.05) is 0 Å². The Labute approximate surface area is 119 Å². The lowest BCUT2D eigenvalue weighted by atomic mass is 10.1. The van der Waals surface area contributed by atoms with Gasteiger partial charge in [-0.2, -0.15) is 0 Å². The number of pyridine rings is 1. The molecule has 1 aromatic heterocycles. The molecule has 1 aromatic carbocycles. The molecule has 0 atom stereocenters. The molecule has 0 radical (unpaired) electrons. The largest absolute Gasteiger partial charge is 0.492 e. The summed E-state index contributed by atoms with van der Waals surface area (Å²) in [5.74, 6) is 0.902. The first-order valence-electron chi connectivity index (χ1n) is 7.24. The van der Waals surface area contributed by atoms with E-state index in [1.165, 1.54) is 25.9 Å². The average molecular weight is 271 g/mol. The molecule has 2 N–H and O–H groups in total. The van der Waals surface area contributed by atoms with E-state index in [1.807, 2.05) is 31.3 Å². The summed E-state index contributed by atoms with van der Waals surface area (Å²) in [6, 6.07) is 5.89. The number of nitrogens with zero attached hydrogens (tertiary/aromatic N) is 2. The van der Waals surface area contributed by atoms with Gasteiger partial charge in [0.05, 0.1) is 0 Å². The number of hydrogen-bond donors (Lipinski definition) is 1. The molecule has 0 aliphatic carbocycles. The van der Waals surface area contributed by atoms with Crippen molar-refractivity contribution in [3.63, 3.8) is 0 Å². The SMILES string of the molecule is Cc1cc2c(OCCN3CCCC3)ccc(N)c2cn1. The van der Waals surface area contributed by atoms with Gasteiger partial charge < -0.3 is 10.5 Å². The van der Waals surface area contributed by atoms with E-state index in [0.29, 0.717) is 0 Å². The van der Waals surface area contributed by atoms with Crippen LogP contribution in [0.15, 0.2) is 24.4 Å². The van der Waals surface area contributed by atoms with Crippen LogP contribution in [-0.2, 0) is 0 Å². The fourth-order valence-electron chi connectivity index (χ4n) is 2.76. The van der Waals surface area contributed by atoms with Gasteiger partial charge in [0, 0.05) is 34.9 Å². The lowest BCUT2D eigenvalue weighted by Gasteiger charge is -2.16. The summed E-state index contributed by atoms with van der Waals surface area (Å²) in [7, 11) is 0. The predicted octanol–water partition coefficient (Wildman–Crippen LogP) is 2.60. The predicted molar refractivity (Wildman–Crippen MR) is 82.1 cm³/mol. The van der Waals surface area contributed by atoms with Crippen molar-refractivity contribution >= 4 is 16.5 Å². The Morgan fingerprint density at radius 2 is 2.05 bits per heavy atom. The van der Waals surface area contributed by atoms with Crippen LogP contribution in [0.3, 0.4) is 0 Å². The van der Waals surface area contributed by atoms with Gasteiger partial charge in [0.25, 0.3) is 0 Å². The van der Waals surface area contributed by atoms with Gasteiger partial charge in [-0.05, 0) is 51.1 Å². The molecule has 1 fully saturated rings.